The number of anilines is 1. The molecule has 3 aliphatic rings. The zero-order valence-electron chi connectivity index (χ0n) is 25.6. The van der Waals surface area contributed by atoms with Crippen LogP contribution in [-0.2, 0) is 20.8 Å². The van der Waals surface area contributed by atoms with Gasteiger partial charge in [-0.2, -0.15) is 0 Å². The van der Waals surface area contributed by atoms with Gasteiger partial charge in [-0.15, -0.1) is 0 Å². The number of nitrogens with zero attached hydrogens (tertiary/aromatic N) is 3. The van der Waals surface area contributed by atoms with Gasteiger partial charge in [-0.3, -0.25) is 19.4 Å². The number of amides is 3. The second-order valence-corrected chi connectivity index (χ2v) is 12.2. The number of rotatable bonds is 6. The second-order valence-electron chi connectivity index (χ2n) is 12.2. The first-order valence-corrected chi connectivity index (χ1v) is 15.8. The molecule has 12 heteroatoms. The van der Waals surface area contributed by atoms with Crippen LogP contribution in [0.3, 0.4) is 0 Å². The summed E-state index contributed by atoms with van der Waals surface area (Å²) in [7, 11) is 1.56. The fourth-order valence-electron chi connectivity index (χ4n) is 6.05. The van der Waals surface area contributed by atoms with Crippen LogP contribution in [0.25, 0.3) is 0 Å². The van der Waals surface area contributed by atoms with E-state index in [9.17, 15) is 14.4 Å². The summed E-state index contributed by atoms with van der Waals surface area (Å²) in [5, 5.41) is 12.6. The van der Waals surface area contributed by atoms with Crippen molar-refractivity contribution in [2.45, 2.75) is 57.4 Å². The Bertz CT molecular complexity index is 1270. The van der Waals surface area contributed by atoms with Crippen LogP contribution in [-0.4, -0.2) is 86.7 Å². The van der Waals surface area contributed by atoms with Gasteiger partial charge >= 0.3 is 0 Å². The minimum Gasteiger partial charge on any atom is -0.493 e. The molecule has 2 fully saturated rings. The highest BCUT2D eigenvalue weighted by Gasteiger charge is 2.44. The maximum atomic E-state index is 14.4. The van der Waals surface area contributed by atoms with Gasteiger partial charge in [-0.05, 0) is 62.3 Å². The van der Waals surface area contributed by atoms with Crippen LogP contribution in [0.5, 0.6) is 11.5 Å². The maximum Gasteiger partial charge on any atom is 0.257 e. The molecule has 1 aromatic heterocycles. The third-order valence-electron chi connectivity index (χ3n) is 8.70. The van der Waals surface area contributed by atoms with Crippen LogP contribution in [0.1, 0.15) is 50.5 Å². The summed E-state index contributed by atoms with van der Waals surface area (Å²) in [6, 6.07) is 5.62. The van der Waals surface area contributed by atoms with Gasteiger partial charge < -0.3 is 35.6 Å². The van der Waals surface area contributed by atoms with Crippen LogP contribution in [0.4, 0.5) is 5.82 Å². The van der Waals surface area contributed by atoms with Crippen molar-refractivity contribution >= 4 is 23.5 Å². The number of methoxy groups -OCH3 is 1. The van der Waals surface area contributed by atoms with E-state index >= 15 is 0 Å². The number of fused-ring (bicyclic) bond motifs is 2. The van der Waals surface area contributed by atoms with E-state index < -0.39 is 5.41 Å². The Kier molecular flexibility index (Phi) is 10.9. The largest absolute Gasteiger partial charge is 0.493 e. The molecule has 2 bridgehead atoms. The second kappa shape index (κ2) is 15.2. The zero-order chi connectivity index (χ0) is 30.8. The van der Waals surface area contributed by atoms with Crippen LogP contribution in [0, 0.1) is 11.3 Å². The Morgan fingerprint density at radius 3 is 2.68 bits per heavy atom. The van der Waals surface area contributed by atoms with Gasteiger partial charge in [-0.1, -0.05) is 18.9 Å². The summed E-state index contributed by atoms with van der Waals surface area (Å²) >= 11 is 0. The van der Waals surface area contributed by atoms with Crippen molar-refractivity contribution < 1.29 is 23.9 Å². The topological polar surface area (TPSA) is 147 Å². The number of nitrogens with one attached hydrogen (secondary N) is 4. The van der Waals surface area contributed by atoms with Crippen molar-refractivity contribution in [1.29, 1.82) is 0 Å². The fraction of sp³-hybridized carbons (Fsp3) is 0.594. The van der Waals surface area contributed by atoms with E-state index in [1.165, 1.54) is 0 Å². The van der Waals surface area contributed by atoms with Gasteiger partial charge in [0.2, 0.25) is 11.8 Å². The first-order valence-electron chi connectivity index (χ1n) is 15.8. The Balaban J connectivity index is 1.37. The number of carbonyl (C=O) groups is 3. The number of ether oxygens (including phenoxy) is 2. The lowest BCUT2D eigenvalue weighted by Gasteiger charge is -2.38. The number of benzene rings is 1. The highest BCUT2D eigenvalue weighted by molar-refractivity contribution is 5.85. The first-order chi connectivity index (χ1) is 21.4. The molecule has 0 spiro atoms. The molecule has 2 aromatic rings. The molecule has 44 heavy (non-hydrogen) atoms. The third kappa shape index (κ3) is 8.81. The molecule has 5 rings (SSSR count). The molecule has 1 saturated carbocycles. The van der Waals surface area contributed by atoms with Gasteiger partial charge in [0.05, 0.1) is 18.7 Å². The fourth-order valence-corrected chi connectivity index (χ4v) is 6.05. The van der Waals surface area contributed by atoms with E-state index in [1.807, 2.05) is 18.2 Å². The van der Waals surface area contributed by atoms with Crippen molar-refractivity contribution in [3.8, 4) is 11.5 Å². The number of carbonyl (C=O) groups excluding carboxylic acids is 3. The first kappa shape index (κ1) is 31.5. The van der Waals surface area contributed by atoms with E-state index in [1.54, 1.807) is 25.7 Å². The summed E-state index contributed by atoms with van der Waals surface area (Å²) in [4.78, 5) is 50.6. The van der Waals surface area contributed by atoms with E-state index in [0.717, 1.165) is 50.2 Å². The molecule has 4 N–H and O–H groups in total. The lowest BCUT2D eigenvalue weighted by molar-refractivity contribution is -0.133. The smallest absolute Gasteiger partial charge is 0.257 e. The van der Waals surface area contributed by atoms with E-state index in [2.05, 4.69) is 36.1 Å². The number of hydrogen-bond donors (Lipinski definition) is 4. The predicted molar refractivity (Wildman–Crippen MR) is 165 cm³/mol. The lowest BCUT2D eigenvalue weighted by atomic mass is 9.75. The van der Waals surface area contributed by atoms with Crippen LogP contribution < -0.4 is 35.6 Å². The summed E-state index contributed by atoms with van der Waals surface area (Å²) < 4.78 is 11.4. The monoisotopic (exact) mass is 607 g/mol. The molecule has 2 aliphatic heterocycles. The minimum atomic E-state index is -0.841. The van der Waals surface area contributed by atoms with Gasteiger partial charge in [0.1, 0.15) is 5.82 Å². The molecule has 238 valence electrons. The van der Waals surface area contributed by atoms with Crippen LogP contribution in [0.2, 0.25) is 0 Å². The predicted octanol–water partition coefficient (Wildman–Crippen LogP) is 1.59. The normalized spacial score (nSPS) is 22.9. The molecule has 0 radical (unpaired) electrons. The molecule has 1 unspecified atom stereocenters. The average molecular weight is 608 g/mol. The summed E-state index contributed by atoms with van der Waals surface area (Å²) in [5.74, 6) is 1.92. The Morgan fingerprint density at radius 1 is 1.09 bits per heavy atom. The highest BCUT2D eigenvalue weighted by atomic mass is 16.5. The summed E-state index contributed by atoms with van der Waals surface area (Å²) in [6.07, 6.45) is 11.0. The Labute approximate surface area is 259 Å². The summed E-state index contributed by atoms with van der Waals surface area (Å²) in [5.41, 5.74) is 0.0419. The molecule has 1 saturated heterocycles. The molecule has 1 aromatic carbocycles. The van der Waals surface area contributed by atoms with E-state index in [0.29, 0.717) is 62.7 Å². The van der Waals surface area contributed by atoms with E-state index in [4.69, 9.17) is 9.47 Å². The quantitative estimate of drug-likeness (QED) is 0.385. The zero-order valence-corrected chi connectivity index (χ0v) is 25.6. The van der Waals surface area contributed by atoms with Gasteiger partial charge in [-0.25, -0.2) is 4.98 Å². The third-order valence-corrected chi connectivity index (χ3v) is 8.70. The lowest BCUT2D eigenvalue weighted by Crippen LogP contribution is -2.54. The van der Waals surface area contributed by atoms with Crippen molar-refractivity contribution in [2.75, 3.05) is 57.9 Å². The SMILES string of the molecule is COc1ccc2cc1OCC(=O)NCCNCCCC(=O)NCC(CC1CC1)(C(=O)NC1CCN(c3cnccn3)CC1)C2. The van der Waals surface area contributed by atoms with Crippen molar-refractivity contribution in [2.24, 2.45) is 11.3 Å². The van der Waals surface area contributed by atoms with Crippen LogP contribution in [0.15, 0.2) is 36.8 Å². The molecular weight excluding hydrogens is 562 g/mol. The Hall–Kier alpha value is -3.93. The number of hydrogen-bond acceptors (Lipinski definition) is 9. The van der Waals surface area contributed by atoms with Crippen molar-refractivity contribution in [1.82, 2.24) is 31.2 Å². The molecule has 1 aliphatic carbocycles. The molecule has 1 atom stereocenters. The minimum absolute atomic E-state index is 0.0228. The van der Waals surface area contributed by atoms with Crippen molar-refractivity contribution in [3.63, 3.8) is 0 Å². The van der Waals surface area contributed by atoms with Gasteiger partial charge in [0.25, 0.3) is 5.91 Å². The van der Waals surface area contributed by atoms with Crippen molar-refractivity contribution in [3.05, 3.63) is 42.4 Å². The molecule has 3 amide bonds. The highest BCUT2D eigenvalue weighted by Crippen LogP contribution is 2.43. The Morgan fingerprint density at radius 2 is 1.93 bits per heavy atom. The number of aromatic nitrogens is 2. The van der Waals surface area contributed by atoms with Gasteiger partial charge in [0.15, 0.2) is 18.1 Å². The van der Waals surface area contributed by atoms with Crippen LogP contribution >= 0.6 is 0 Å². The molecule has 3 heterocycles. The van der Waals surface area contributed by atoms with Gasteiger partial charge in [0, 0.05) is 57.6 Å². The van der Waals surface area contributed by atoms with E-state index in [-0.39, 0.29) is 36.9 Å². The number of piperidine rings is 1. The molecule has 12 nitrogen and oxygen atoms in total. The average Bonchev–Trinajstić information content (AvgIpc) is 3.86. The molecular formula is C32H45N7O5. The maximum absolute atomic E-state index is 14.4. The standard InChI is InChI=1S/C32H45N7O5/c1-43-26-7-6-24-17-27(26)44-21-30(41)36-14-11-33-10-2-3-29(40)37-22-32(19-24,18-23-4-5-23)31(42)38-25-8-15-39(16-9-25)28-20-34-12-13-35-28/h6-7,12-13,17,20,23,25,33H,2-5,8-11,14-16,18-19,21-22H2,1H3,(H,36,41)(H,37,40)(H,38,42). The summed E-state index contributed by atoms with van der Waals surface area (Å²) in [6.45, 7) is 3.37.